The molecule has 0 saturated carbocycles. The van der Waals surface area contributed by atoms with E-state index in [0.29, 0.717) is 11.5 Å². The van der Waals surface area contributed by atoms with Gasteiger partial charge in [0, 0.05) is 67.7 Å². The lowest BCUT2D eigenvalue weighted by atomic mass is 9.94. The summed E-state index contributed by atoms with van der Waals surface area (Å²) in [7, 11) is 1.83. The van der Waals surface area contributed by atoms with E-state index in [-0.39, 0.29) is 11.5 Å². The van der Waals surface area contributed by atoms with E-state index in [0.717, 1.165) is 66.3 Å². The fourth-order valence-electron chi connectivity index (χ4n) is 4.86. The Balaban J connectivity index is 1.57. The molecule has 1 fully saturated rings. The molecule has 3 aromatic rings. The van der Waals surface area contributed by atoms with Crippen molar-refractivity contribution in [2.75, 3.05) is 13.1 Å². The van der Waals surface area contributed by atoms with Gasteiger partial charge in [0.1, 0.15) is 17.5 Å². The smallest absolute Gasteiger partial charge is 0.383 e. The van der Waals surface area contributed by atoms with E-state index in [1.54, 1.807) is 24.8 Å². The fraction of sp³-hybridized carbons (Fsp3) is 0.345. The van der Waals surface area contributed by atoms with E-state index in [1.165, 1.54) is 6.07 Å². The van der Waals surface area contributed by atoms with E-state index >= 15 is 0 Å². The van der Waals surface area contributed by atoms with Crippen molar-refractivity contribution in [2.24, 2.45) is 17.8 Å². The number of alkyl halides is 3. The van der Waals surface area contributed by atoms with Crippen LogP contribution >= 0.6 is 0 Å². The van der Waals surface area contributed by atoms with Gasteiger partial charge in [-0.05, 0) is 69.5 Å². The third kappa shape index (κ3) is 6.38. The van der Waals surface area contributed by atoms with Gasteiger partial charge in [0.15, 0.2) is 0 Å². The van der Waals surface area contributed by atoms with Gasteiger partial charge in [-0.3, -0.25) is 4.98 Å². The summed E-state index contributed by atoms with van der Waals surface area (Å²) in [4.78, 5) is 15.5. The molecule has 2 aromatic heterocycles. The largest absolute Gasteiger partial charge is 0.419 e. The van der Waals surface area contributed by atoms with Crippen LogP contribution in [0.25, 0.3) is 16.8 Å². The number of hydrogen-bond acceptors (Lipinski definition) is 4. The Kier molecular flexibility index (Phi) is 8.22. The number of piperidine rings is 1. The quantitative estimate of drug-likeness (QED) is 0.219. The fourth-order valence-corrected chi connectivity index (χ4v) is 4.86. The number of aromatic nitrogens is 3. The zero-order valence-corrected chi connectivity index (χ0v) is 22.4. The number of aryl methyl sites for hydroxylation is 1. The molecule has 0 unspecified atom stereocenters. The molecule has 0 bridgehead atoms. The molecule has 206 valence electrons. The highest BCUT2D eigenvalue weighted by molar-refractivity contribution is 6.22. The molecule has 1 aromatic carbocycles. The molecule has 3 heterocycles. The molecule has 0 spiro atoms. The SMILES string of the molecule is CC(C)=CN=C(N)/C(=C(\C)N1CCC(c2nc(-c3ccc(F)c(C(F)(F)F)c3)cn2C)CC1)c1ccncc1. The van der Waals surface area contributed by atoms with E-state index < -0.39 is 17.6 Å². The van der Waals surface area contributed by atoms with Crippen LogP contribution in [0.5, 0.6) is 0 Å². The summed E-state index contributed by atoms with van der Waals surface area (Å²) in [5.41, 5.74) is 9.60. The topological polar surface area (TPSA) is 72.3 Å². The van der Waals surface area contributed by atoms with Crippen LogP contribution in [0.15, 0.2) is 71.4 Å². The highest BCUT2D eigenvalue weighted by Gasteiger charge is 2.34. The highest BCUT2D eigenvalue weighted by Crippen LogP contribution is 2.36. The first kappa shape index (κ1) is 28.1. The summed E-state index contributed by atoms with van der Waals surface area (Å²) in [6.45, 7) is 7.44. The van der Waals surface area contributed by atoms with Gasteiger partial charge in [-0.15, -0.1) is 0 Å². The monoisotopic (exact) mass is 540 g/mol. The molecule has 1 saturated heterocycles. The maximum atomic E-state index is 13.8. The van der Waals surface area contributed by atoms with Crippen LogP contribution in [0, 0.1) is 5.82 Å². The van der Waals surface area contributed by atoms with E-state index in [2.05, 4.69) is 19.9 Å². The number of amidine groups is 1. The van der Waals surface area contributed by atoms with Gasteiger partial charge in [-0.25, -0.2) is 14.4 Å². The number of halogens is 4. The Hall–Kier alpha value is -3.95. The Labute approximate surface area is 225 Å². The first-order chi connectivity index (χ1) is 18.5. The van der Waals surface area contributed by atoms with Crippen LogP contribution in [-0.4, -0.2) is 38.4 Å². The van der Waals surface area contributed by atoms with E-state index in [4.69, 9.17) is 5.73 Å². The van der Waals surface area contributed by atoms with Crippen LogP contribution in [0.4, 0.5) is 17.6 Å². The summed E-state index contributed by atoms with van der Waals surface area (Å²) < 4.78 is 55.3. The molecule has 10 heteroatoms. The molecular formula is C29H32F4N6. The standard InChI is InChI=1S/C29H32F4N6/c1-18(2)16-36-27(34)26(20-7-11-35-12-8-20)19(3)39-13-9-21(10-14-39)28-37-25(17-38(28)4)22-5-6-24(30)23(15-22)29(31,32)33/h5-8,11-12,15-17,21H,9-10,13-14H2,1-4H3,(H2,34,36)/b26-19+. The average molecular weight is 541 g/mol. The summed E-state index contributed by atoms with van der Waals surface area (Å²) >= 11 is 0. The second-order valence-corrected chi connectivity index (χ2v) is 9.97. The van der Waals surface area contributed by atoms with Crippen molar-refractivity contribution in [1.82, 2.24) is 19.4 Å². The van der Waals surface area contributed by atoms with Crippen molar-refractivity contribution in [1.29, 1.82) is 0 Å². The zero-order chi connectivity index (χ0) is 28.3. The van der Waals surface area contributed by atoms with Crippen molar-refractivity contribution in [3.05, 3.63) is 89.2 Å². The number of nitrogens with zero attached hydrogens (tertiary/aromatic N) is 5. The number of likely N-dealkylation sites (tertiary alicyclic amines) is 1. The molecule has 6 nitrogen and oxygen atoms in total. The van der Waals surface area contributed by atoms with E-state index in [1.807, 2.05) is 44.5 Å². The maximum absolute atomic E-state index is 13.8. The summed E-state index contributed by atoms with van der Waals surface area (Å²) in [5.74, 6) is 0.0451. The minimum atomic E-state index is -4.77. The summed E-state index contributed by atoms with van der Waals surface area (Å²) in [5, 5.41) is 0. The molecule has 39 heavy (non-hydrogen) atoms. The van der Waals surface area contributed by atoms with Gasteiger partial charge in [0.2, 0.25) is 0 Å². The Morgan fingerprint density at radius 3 is 2.36 bits per heavy atom. The van der Waals surface area contributed by atoms with Crippen LogP contribution < -0.4 is 5.73 Å². The zero-order valence-electron chi connectivity index (χ0n) is 22.4. The lowest BCUT2D eigenvalue weighted by molar-refractivity contribution is -0.139. The third-order valence-corrected chi connectivity index (χ3v) is 6.86. The van der Waals surface area contributed by atoms with Gasteiger partial charge < -0.3 is 15.2 Å². The predicted octanol–water partition coefficient (Wildman–Crippen LogP) is 6.53. The van der Waals surface area contributed by atoms with Crippen molar-refractivity contribution >= 4 is 11.4 Å². The first-order valence-corrected chi connectivity index (χ1v) is 12.7. The second kappa shape index (κ2) is 11.4. The number of allylic oxidation sites excluding steroid dienone is 2. The van der Waals surface area contributed by atoms with Gasteiger partial charge >= 0.3 is 6.18 Å². The number of rotatable bonds is 6. The molecule has 0 amide bonds. The molecule has 4 rings (SSSR count). The second-order valence-electron chi connectivity index (χ2n) is 9.97. The normalized spacial score (nSPS) is 15.8. The Morgan fingerprint density at radius 1 is 1.08 bits per heavy atom. The molecule has 0 radical (unpaired) electrons. The number of benzene rings is 1. The highest BCUT2D eigenvalue weighted by atomic mass is 19.4. The first-order valence-electron chi connectivity index (χ1n) is 12.7. The number of aliphatic imine (C=N–C) groups is 1. The molecule has 1 aliphatic heterocycles. The molecule has 0 atom stereocenters. The van der Waals surface area contributed by atoms with Gasteiger partial charge in [0.25, 0.3) is 0 Å². The lowest BCUT2D eigenvalue weighted by Gasteiger charge is -2.35. The van der Waals surface area contributed by atoms with Crippen LogP contribution in [0.3, 0.4) is 0 Å². The number of hydrogen-bond donors (Lipinski definition) is 1. The van der Waals surface area contributed by atoms with Crippen molar-refractivity contribution in [2.45, 2.75) is 45.7 Å². The average Bonchev–Trinajstić information content (AvgIpc) is 3.29. The third-order valence-electron chi connectivity index (χ3n) is 6.86. The summed E-state index contributed by atoms with van der Waals surface area (Å²) in [6, 6.07) is 6.81. The number of pyridine rings is 1. The van der Waals surface area contributed by atoms with Crippen molar-refractivity contribution in [3.63, 3.8) is 0 Å². The van der Waals surface area contributed by atoms with Gasteiger partial charge in [0.05, 0.1) is 11.3 Å². The molecular weight excluding hydrogens is 508 g/mol. The summed E-state index contributed by atoms with van der Waals surface area (Å²) in [6.07, 6.45) is 3.71. The maximum Gasteiger partial charge on any atom is 0.419 e. The minimum Gasteiger partial charge on any atom is -0.383 e. The van der Waals surface area contributed by atoms with Gasteiger partial charge in [-0.2, -0.15) is 13.2 Å². The lowest BCUT2D eigenvalue weighted by Crippen LogP contribution is -2.34. The molecule has 2 N–H and O–H groups in total. The van der Waals surface area contributed by atoms with Crippen molar-refractivity contribution < 1.29 is 17.6 Å². The minimum absolute atomic E-state index is 0.122. The van der Waals surface area contributed by atoms with Gasteiger partial charge in [-0.1, -0.05) is 5.57 Å². The molecule has 1 aliphatic rings. The predicted molar refractivity (Wildman–Crippen MR) is 145 cm³/mol. The van der Waals surface area contributed by atoms with Crippen molar-refractivity contribution in [3.8, 4) is 11.3 Å². The number of imidazole rings is 1. The number of nitrogens with two attached hydrogens (primary N) is 1. The van der Waals surface area contributed by atoms with Crippen LogP contribution in [-0.2, 0) is 13.2 Å². The Bertz CT molecular complexity index is 1410. The van der Waals surface area contributed by atoms with Crippen LogP contribution in [0.2, 0.25) is 0 Å². The van der Waals surface area contributed by atoms with Crippen LogP contribution in [0.1, 0.15) is 56.5 Å². The molecule has 0 aliphatic carbocycles. The Morgan fingerprint density at radius 2 is 1.74 bits per heavy atom. The van der Waals surface area contributed by atoms with E-state index in [9.17, 15) is 17.6 Å².